The van der Waals surface area contributed by atoms with E-state index in [-0.39, 0.29) is 23.7 Å². The van der Waals surface area contributed by atoms with Crippen LogP contribution in [0.1, 0.15) is 12.8 Å². The Labute approximate surface area is 107 Å². The van der Waals surface area contributed by atoms with Crippen LogP contribution >= 0.6 is 0 Å². The van der Waals surface area contributed by atoms with Crippen LogP contribution in [0, 0.1) is 11.8 Å². The number of ether oxygens (including phenoxy) is 1. The molecule has 1 saturated heterocycles. The first-order chi connectivity index (χ1) is 8.75. The van der Waals surface area contributed by atoms with E-state index in [1.165, 1.54) is 4.90 Å². The number of fused-ring (bicyclic) bond motifs is 1. The predicted octanol–water partition coefficient (Wildman–Crippen LogP) is 0.174. The maximum absolute atomic E-state index is 12.1. The number of rotatable bonds is 6. The number of imide groups is 1. The van der Waals surface area contributed by atoms with E-state index in [2.05, 4.69) is 5.32 Å². The molecular weight excluding hydrogens is 232 g/mol. The lowest BCUT2D eigenvalue weighted by molar-refractivity contribution is -0.139. The van der Waals surface area contributed by atoms with E-state index in [0.29, 0.717) is 32.5 Å². The molecule has 2 atom stereocenters. The molecule has 2 aliphatic rings. The van der Waals surface area contributed by atoms with Crippen LogP contribution < -0.4 is 5.32 Å². The molecule has 5 nitrogen and oxygen atoms in total. The maximum atomic E-state index is 12.1. The van der Waals surface area contributed by atoms with Crippen LogP contribution in [0.15, 0.2) is 12.2 Å². The molecule has 0 aromatic heterocycles. The third-order valence-corrected chi connectivity index (χ3v) is 3.59. The predicted molar refractivity (Wildman–Crippen MR) is 66.8 cm³/mol. The number of methoxy groups -OCH3 is 1. The molecule has 1 aliphatic heterocycles. The highest BCUT2D eigenvalue weighted by atomic mass is 16.5. The van der Waals surface area contributed by atoms with E-state index < -0.39 is 0 Å². The van der Waals surface area contributed by atoms with Crippen molar-refractivity contribution in [1.82, 2.24) is 10.2 Å². The summed E-state index contributed by atoms with van der Waals surface area (Å²) in [7, 11) is 1.65. The van der Waals surface area contributed by atoms with Gasteiger partial charge in [0.1, 0.15) is 0 Å². The molecule has 2 rings (SSSR count). The summed E-state index contributed by atoms with van der Waals surface area (Å²) in [4.78, 5) is 25.6. The third-order valence-electron chi connectivity index (χ3n) is 3.59. The molecular formula is C13H20N2O3. The van der Waals surface area contributed by atoms with Gasteiger partial charge in [0.25, 0.3) is 0 Å². The summed E-state index contributed by atoms with van der Waals surface area (Å²) >= 11 is 0. The summed E-state index contributed by atoms with van der Waals surface area (Å²) in [6, 6.07) is 0. The number of carbonyl (C=O) groups excluding carboxylic acids is 2. The zero-order chi connectivity index (χ0) is 13.0. The Bertz CT molecular complexity index is 328. The van der Waals surface area contributed by atoms with Crippen LogP contribution in [0.5, 0.6) is 0 Å². The minimum Gasteiger partial charge on any atom is -0.383 e. The van der Waals surface area contributed by atoms with Crippen molar-refractivity contribution in [3.63, 3.8) is 0 Å². The van der Waals surface area contributed by atoms with Crippen molar-refractivity contribution in [2.24, 2.45) is 11.8 Å². The number of hydrogen-bond acceptors (Lipinski definition) is 4. The zero-order valence-corrected chi connectivity index (χ0v) is 10.7. The van der Waals surface area contributed by atoms with Crippen LogP contribution in [0.3, 0.4) is 0 Å². The minimum absolute atomic E-state index is 0.00268. The first-order valence-electron chi connectivity index (χ1n) is 6.45. The van der Waals surface area contributed by atoms with Crippen molar-refractivity contribution in [3.8, 4) is 0 Å². The SMILES string of the molecule is COCCNCCN1C(=O)[C@H]2CC=CC[C@H]2C1=O. The van der Waals surface area contributed by atoms with Gasteiger partial charge in [-0.05, 0) is 12.8 Å². The van der Waals surface area contributed by atoms with Crippen molar-refractivity contribution in [2.45, 2.75) is 12.8 Å². The Morgan fingerprint density at radius 2 is 1.83 bits per heavy atom. The van der Waals surface area contributed by atoms with Crippen molar-refractivity contribution >= 4 is 11.8 Å². The van der Waals surface area contributed by atoms with Crippen LogP contribution in [0.2, 0.25) is 0 Å². The van der Waals surface area contributed by atoms with E-state index in [0.717, 1.165) is 6.54 Å². The summed E-state index contributed by atoms with van der Waals surface area (Å²) in [5.74, 6) is -0.214. The smallest absolute Gasteiger partial charge is 0.233 e. The Hall–Kier alpha value is -1.20. The van der Waals surface area contributed by atoms with Crippen LogP contribution in [0.25, 0.3) is 0 Å². The number of carbonyl (C=O) groups is 2. The summed E-state index contributed by atoms with van der Waals surface area (Å²) < 4.78 is 4.92. The maximum Gasteiger partial charge on any atom is 0.233 e. The molecule has 0 aromatic rings. The zero-order valence-electron chi connectivity index (χ0n) is 10.7. The summed E-state index contributed by atoms with van der Waals surface area (Å²) in [5, 5.41) is 3.15. The molecule has 0 radical (unpaired) electrons. The lowest BCUT2D eigenvalue weighted by atomic mass is 9.85. The first-order valence-corrected chi connectivity index (χ1v) is 6.45. The van der Waals surface area contributed by atoms with Crippen molar-refractivity contribution < 1.29 is 14.3 Å². The number of likely N-dealkylation sites (tertiary alicyclic amines) is 1. The molecule has 0 spiro atoms. The van der Waals surface area contributed by atoms with Crippen LogP contribution in [-0.2, 0) is 14.3 Å². The topological polar surface area (TPSA) is 58.6 Å². The standard InChI is InChI=1S/C13H20N2O3/c1-18-9-7-14-6-8-15-12(16)10-4-2-3-5-11(10)13(15)17/h2-3,10-11,14H,4-9H2,1H3/t10-,11+. The Kier molecular flexibility index (Phi) is 4.49. The lowest BCUT2D eigenvalue weighted by Gasteiger charge is -2.14. The number of amides is 2. The van der Waals surface area contributed by atoms with Gasteiger partial charge >= 0.3 is 0 Å². The Morgan fingerprint density at radius 3 is 2.39 bits per heavy atom. The quantitative estimate of drug-likeness (QED) is 0.416. The second-order valence-corrected chi connectivity index (χ2v) is 4.73. The van der Waals surface area contributed by atoms with Gasteiger partial charge in [-0.25, -0.2) is 0 Å². The van der Waals surface area contributed by atoms with Crippen LogP contribution in [0.4, 0.5) is 0 Å². The van der Waals surface area contributed by atoms with E-state index in [9.17, 15) is 9.59 Å². The third kappa shape index (κ3) is 2.62. The van der Waals surface area contributed by atoms with Crippen LogP contribution in [-0.4, -0.2) is 50.1 Å². The average molecular weight is 252 g/mol. The number of nitrogens with zero attached hydrogens (tertiary/aromatic N) is 1. The molecule has 0 saturated carbocycles. The van der Waals surface area contributed by atoms with Gasteiger partial charge in [0.2, 0.25) is 11.8 Å². The number of hydrogen-bond donors (Lipinski definition) is 1. The molecule has 1 N–H and O–H groups in total. The second-order valence-electron chi connectivity index (χ2n) is 4.73. The van der Waals surface area contributed by atoms with Crippen molar-refractivity contribution in [3.05, 3.63) is 12.2 Å². The largest absolute Gasteiger partial charge is 0.383 e. The number of nitrogens with one attached hydrogen (secondary N) is 1. The van der Waals surface area contributed by atoms with Gasteiger partial charge in [0.15, 0.2) is 0 Å². The summed E-state index contributed by atoms with van der Waals surface area (Å²) in [6.07, 6.45) is 5.44. The van der Waals surface area contributed by atoms with E-state index in [4.69, 9.17) is 4.74 Å². The average Bonchev–Trinajstić information content (AvgIpc) is 2.64. The first kappa shape index (κ1) is 13.2. The Balaban J connectivity index is 1.83. The molecule has 1 fully saturated rings. The molecule has 2 amide bonds. The fourth-order valence-electron chi connectivity index (χ4n) is 2.58. The monoisotopic (exact) mass is 252 g/mol. The Morgan fingerprint density at radius 1 is 1.22 bits per heavy atom. The minimum atomic E-state index is -0.110. The van der Waals surface area contributed by atoms with E-state index in [1.54, 1.807) is 7.11 Å². The van der Waals surface area contributed by atoms with Gasteiger partial charge in [0, 0.05) is 26.7 Å². The molecule has 1 aliphatic carbocycles. The van der Waals surface area contributed by atoms with Gasteiger partial charge in [-0.15, -0.1) is 0 Å². The fourth-order valence-corrected chi connectivity index (χ4v) is 2.58. The van der Waals surface area contributed by atoms with Gasteiger partial charge in [0.05, 0.1) is 18.4 Å². The summed E-state index contributed by atoms with van der Waals surface area (Å²) in [6.45, 7) is 2.47. The fraction of sp³-hybridized carbons (Fsp3) is 0.692. The normalized spacial score (nSPS) is 26.8. The van der Waals surface area contributed by atoms with Gasteiger partial charge in [-0.2, -0.15) is 0 Å². The molecule has 1 heterocycles. The molecule has 0 bridgehead atoms. The molecule has 0 aromatic carbocycles. The van der Waals surface area contributed by atoms with Crippen molar-refractivity contribution in [2.75, 3.05) is 33.4 Å². The molecule has 0 unspecified atom stereocenters. The van der Waals surface area contributed by atoms with Gasteiger partial charge < -0.3 is 10.1 Å². The highest BCUT2D eigenvalue weighted by Gasteiger charge is 2.46. The van der Waals surface area contributed by atoms with Gasteiger partial charge in [-0.1, -0.05) is 12.2 Å². The molecule has 18 heavy (non-hydrogen) atoms. The van der Waals surface area contributed by atoms with Gasteiger partial charge in [-0.3, -0.25) is 14.5 Å². The van der Waals surface area contributed by atoms with Crippen molar-refractivity contribution in [1.29, 1.82) is 0 Å². The van der Waals surface area contributed by atoms with E-state index >= 15 is 0 Å². The highest BCUT2D eigenvalue weighted by Crippen LogP contribution is 2.34. The number of allylic oxidation sites excluding steroid dienone is 2. The van der Waals surface area contributed by atoms with E-state index in [1.807, 2.05) is 12.2 Å². The molecule has 100 valence electrons. The second kappa shape index (κ2) is 6.11. The lowest BCUT2D eigenvalue weighted by Crippen LogP contribution is -2.37. The highest BCUT2D eigenvalue weighted by molar-refractivity contribution is 6.05. The molecule has 5 heteroatoms. The summed E-state index contributed by atoms with van der Waals surface area (Å²) in [5.41, 5.74) is 0.